The van der Waals surface area contributed by atoms with Crippen LogP contribution < -0.4 is 8.96 Å². The van der Waals surface area contributed by atoms with Crippen LogP contribution in [0.25, 0.3) is 49.1 Å². The van der Waals surface area contributed by atoms with E-state index in [9.17, 15) is 0 Å². The van der Waals surface area contributed by atoms with Gasteiger partial charge in [-0.1, -0.05) is 0 Å². The number of rotatable bonds is 2. The van der Waals surface area contributed by atoms with E-state index in [1.807, 2.05) is 6.33 Å². The summed E-state index contributed by atoms with van der Waals surface area (Å²) in [6.45, 7) is 6.79. The first-order chi connectivity index (χ1) is 15.2. The van der Waals surface area contributed by atoms with Gasteiger partial charge in [0.2, 0.25) is 0 Å². The predicted octanol–water partition coefficient (Wildman–Crippen LogP) is 6.19. The molecule has 4 heteroatoms. The minimum atomic E-state index is -2.07. The summed E-state index contributed by atoms with van der Waals surface area (Å²) in [5, 5.41) is 5.32. The molecule has 0 amide bonds. The molecule has 3 aromatic heterocycles. The minimum absolute atomic E-state index is 0.510. The number of fused-ring (bicyclic) bond motifs is 5. The Kier molecular flexibility index (Phi) is 4.02. The van der Waals surface area contributed by atoms with Crippen molar-refractivity contribution in [3.05, 3.63) is 59.9 Å². The fraction of sp³-hybridized carbons (Fsp3) is 0.286. The summed E-state index contributed by atoms with van der Waals surface area (Å²) in [6, 6.07) is 16.5. The number of pyridine rings is 1. The number of benzene rings is 3. The molecule has 3 nitrogen and oxygen atoms in total. The Hall–Kier alpha value is -2.66. The van der Waals surface area contributed by atoms with Crippen molar-refractivity contribution in [2.24, 2.45) is 7.05 Å². The summed E-state index contributed by atoms with van der Waals surface area (Å²) < 4.78 is 6.25. The third-order valence-corrected chi connectivity index (χ3v) is 11.5. The van der Waals surface area contributed by atoms with Crippen molar-refractivity contribution in [1.29, 1.82) is 0 Å². The van der Waals surface area contributed by atoms with Crippen LogP contribution in [0, 0.1) is 6.92 Å². The molecule has 0 unspecified atom stereocenters. The van der Waals surface area contributed by atoms with Crippen LogP contribution in [0.5, 0.6) is 0 Å². The van der Waals surface area contributed by atoms with Crippen LogP contribution in [0.1, 0.15) is 30.9 Å². The van der Waals surface area contributed by atoms with Crippen molar-refractivity contribution in [3.8, 4) is 0 Å². The van der Waals surface area contributed by atoms with Crippen LogP contribution in [0.3, 0.4) is 0 Å². The van der Waals surface area contributed by atoms with E-state index >= 15 is 0 Å². The molecule has 0 fully saturated rings. The zero-order valence-electron chi connectivity index (χ0n) is 20.0. The number of hydrogen-bond donors (Lipinski definition) is 0. The molecule has 0 saturated carbocycles. The van der Waals surface area contributed by atoms with Crippen LogP contribution in [0.2, 0.25) is 17.3 Å². The first-order valence-corrected chi connectivity index (χ1v) is 18.9. The summed E-state index contributed by atoms with van der Waals surface area (Å²) in [7, 11) is 2.13. The quantitative estimate of drug-likeness (QED) is 0.125. The first kappa shape index (κ1) is 20.0. The van der Waals surface area contributed by atoms with E-state index in [0.29, 0.717) is 5.92 Å². The van der Waals surface area contributed by atoms with Gasteiger partial charge in [-0.3, -0.25) is 0 Å². The monoisotopic (exact) mass is 482 g/mol. The third kappa shape index (κ3) is 2.55. The molecule has 0 spiro atoms. The van der Waals surface area contributed by atoms with Crippen molar-refractivity contribution in [1.82, 2.24) is 9.38 Å². The van der Waals surface area contributed by atoms with Crippen molar-refractivity contribution in [3.63, 3.8) is 0 Å². The SMILES string of the molecule is Cc1ccc2c3cc(C(C)C)ccc3n3c4c[c]([Ge]([CH3])([CH3])[CH3])cc5nc[n+](C)c(c1c23)c54. The molecule has 0 aliphatic carbocycles. The number of aromatic nitrogens is 3. The van der Waals surface area contributed by atoms with Gasteiger partial charge in [0.1, 0.15) is 0 Å². The van der Waals surface area contributed by atoms with E-state index in [-0.39, 0.29) is 0 Å². The van der Waals surface area contributed by atoms with E-state index in [2.05, 4.69) is 96.5 Å². The zero-order chi connectivity index (χ0) is 22.5. The van der Waals surface area contributed by atoms with Gasteiger partial charge in [-0.25, -0.2) is 0 Å². The van der Waals surface area contributed by atoms with E-state index < -0.39 is 13.3 Å². The molecular weight excluding hydrogens is 451 g/mol. The fourth-order valence-electron chi connectivity index (χ4n) is 5.38. The third-order valence-electron chi connectivity index (χ3n) is 7.23. The molecule has 0 aliphatic heterocycles. The van der Waals surface area contributed by atoms with E-state index in [1.165, 1.54) is 59.1 Å². The Morgan fingerprint density at radius 3 is 2.41 bits per heavy atom. The first-order valence-electron chi connectivity index (χ1n) is 11.6. The van der Waals surface area contributed by atoms with Crippen LogP contribution in [0.15, 0.2) is 48.8 Å². The average molecular weight is 481 g/mol. The molecule has 0 radical (unpaired) electrons. The topological polar surface area (TPSA) is 21.2 Å². The summed E-state index contributed by atoms with van der Waals surface area (Å²) >= 11 is -2.07. The summed E-state index contributed by atoms with van der Waals surface area (Å²) in [4.78, 5) is 4.91. The van der Waals surface area contributed by atoms with Crippen molar-refractivity contribution in [2.45, 2.75) is 44.0 Å². The van der Waals surface area contributed by atoms with Crippen LogP contribution in [0.4, 0.5) is 0 Å². The Bertz CT molecular complexity index is 1700. The van der Waals surface area contributed by atoms with Crippen molar-refractivity contribution >= 4 is 66.8 Å². The van der Waals surface area contributed by atoms with Crippen LogP contribution >= 0.6 is 0 Å². The predicted molar refractivity (Wildman–Crippen MR) is 139 cm³/mol. The average Bonchev–Trinajstić information content (AvgIpc) is 3.07. The number of nitrogens with zero attached hydrogens (tertiary/aromatic N) is 3. The van der Waals surface area contributed by atoms with Crippen molar-refractivity contribution < 1.29 is 4.57 Å². The maximum absolute atomic E-state index is 4.91. The van der Waals surface area contributed by atoms with Gasteiger partial charge in [0.05, 0.1) is 0 Å². The Morgan fingerprint density at radius 1 is 0.906 bits per heavy atom. The Morgan fingerprint density at radius 2 is 1.69 bits per heavy atom. The molecule has 0 N–H and O–H groups in total. The molecule has 0 saturated heterocycles. The molecule has 32 heavy (non-hydrogen) atoms. The molecule has 3 heterocycles. The summed E-state index contributed by atoms with van der Waals surface area (Å²) in [5.74, 6) is 7.92. The second kappa shape index (κ2) is 6.44. The molecule has 0 aliphatic rings. The standard InChI is InChI=1S/C28H30GeN3/c1-16(2)18-9-11-23-21(12-18)20-10-8-17(3)25-27(20)32(23)24-14-19(29(4,5)6)13-22-26(24)28(25)31(7)15-30-22/h8-16H,1-7H3/q+1. The summed E-state index contributed by atoms with van der Waals surface area (Å²) in [6.07, 6.45) is 1.99. The summed E-state index contributed by atoms with van der Waals surface area (Å²) in [5.41, 5.74) is 9.06. The molecule has 0 atom stereocenters. The molecule has 0 bridgehead atoms. The van der Waals surface area contributed by atoms with Crippen LogP contribution in [-0.4, -0.2) is 22.7 Å². The van der Waals surface area contributed by atoms with Gasteiger partial charge in [0.15, 0.2) is 0 Å². The van der Waals surface area contributed by atoms with Gasteiger partial charge in [-0.05, 0) is 0 Å². The van der Waals surface area contributed by atoms with E-state index in [0.717, 1.165) is 5.52 Å². The Labute approximate surface area is 191 Å². The van der Waals surface area contributed by atoms with Crippen molar-refractivity contribution in [2.75, 3.05) is 0 Å². The van der Waals surface area contributed by atoms with E-state index in [4.69, 9.17) is 4.98 Å². The molecule has 160 valence electrons. The van der Waals surface area contributed by atoms with Gasteiger partial charge in [0.25, 0.3) is 0 Å². The maximum atomic E-state index is 4.91. The normalized spacial score (nSPS) is 13.1. The second-order valence-electron chi connectivity index (χ2n) is 10.8. The second-order valence-corrected chi connectivity index (χ2v) is 21.4. The molecule has 6 rings (SSSR count). The van der Waals surface area contributed by atoms with Crippen LogP contribution in [-0.2, 0) is 7.05 Å². The molecule has 3 aromatic carbocycles. The van der Waals surface area contributed by atoms with Gasteiger partial charge in [0, 0.05) is 0 Å². The number of hydrogen-bond acceptors (Lipinski definition) is 1. The van der Waals surface area contributed by atoms with Gasteiger partial charge < -0.3 is 0 Å². The fourth-order valence-corrected chi connectivity index (χ4v) is 7.78. The zero-order valence-corrected chi connectivity index (χ0v) is 22.1. The van der Waals surface area contributed by atoms with Gasteiger partial charge in [-0.2, -0.15) is 0 Å². The van der Waals surface area contributed by atoms with Gasteiger partial charge >= 0.3 is 192 Å². The molecular formula is C28H30GeN3+. The van der Waals surface area contributed by atoms with E-state index in [1.54, 1.807) is 0 Å². The Balaban J connectivity index is 2.00. The molecule has 6 aromatic rings. The van der Waals surface area contributed by atoms with Gasteiger partial charge in [-0.15, -0.1) is 0 Å². The number of aryl methyl sites for hydroxylation is 2.